The van der Waals surface area contributed by atoms with Crippen molar-refractivity contribution in [3.63, 3.8) is 0 Å². The number of anilines is 1. The molecule has 86 valence electrons. The summed E-state index contributed by atoms with van der Waals surface area (Å²) >= 11 is 0. The summed E-state index contributed by atoms with van der Waals surface area (Å²) in [6.07, 6.45) is 2.17. The Morgan fingerprint density at radius 2 is 2.31 bits per heavy atom. The number of fused-ring (bicyclic) bond motifs is 1. The number of nitrogen functional groups attached to an aromatic ring is 1. The van der Waals surface area contributed by atoms with Crippen molar-refractivity contribution in [3.05, 3.63) is 41.5 Å². The molecule has 0 amide bonds. The summed E-state index contributed by atoms with van der Waals surface area (Å²) in [7, 11) is 0. The fraction of sp³-hybridized carbons (Fsp3) is 0.429. The average Bonchev–Trinajstić information content (AvgIpc) is 2.30. The van der Waals surface area contributed by atoms with Crippen LogP contribution in [0.2, 0.25) is 0 Å². The maximum absolute atomic E-state index is 6.02. The van der Waals surface area contributed by atoms with E-state index in [1.54, 1.807) is 0 Å². The highest BCUT2D eigenvalue weighted by atomic mass is 15.1. The summed E-state index contributed by atoms with van der Waals surface area (Å²) in [5.74, 6) is 0. The van der Waals surface area contributed by atoms with Gasteiger partial charge in [-0.15, -0.1) is 0 Å². The zero-order valence-electron chi connectivity index (χ0n) is 10.00. The lowest BCUT2D eigenvalue weighted by atomic mass is 9.98. The monoisotopic (exact) mass is 216 g/mol. The number of nitrogens with zero attached hydrogens (tertiary/aromatic N) is 1. The molecular weight excluding hydrogens is 196 g/mol. The minimum absolute atomic E-state index is 0.935. The molecule has 2 N–H and O–H groups in total. The number of benzene rings is 1. The predicted octanol–water partition coefficient (Wildman–Crippen LogP) is 2.59. The highest BCUT2D eigenvalue weighted by Gasteiger charge is 2.17. The third-order valence-corrected chi connectivity index (χ3v) is 3.34. The molecule has 0 atom stereocenters. The summed E-state index contributed by atoms with van der Waals surface area (Å²) in [5.41, 5.74) is 11.0. The van der Waals surface area contributed by atoms with Crippen LogP contribution in [0.25, 0.3) is 0 Å². The van der Waals surface area contributed by atoms with Crippen molar-refractivity contribution in [2.45, 2.75) is 26.3 Å². The van der Waals surface area contributed by atoms with Crippen molar-refractivity contribution < 1.29 is 0 Å². The van der Waals surface area contributed by atoms with Crippen LogP contribution in [0.15, 0.2) is 30.4 Å². The Hall–Kier alpha value is -1.28. The first-order chi connectivity index (χ1) is 7.70. The molecule has 2 nitrogen and oxygen atoms in total. The van der Waals surface area contributed by atoms with Gasteiger partial charge >= 0.3 is 0 Å². The third-order valence-electron chi connectivity index (χ3n) is 3.34. The zero-order valence-corrected chi connectivity index (χ0v) is 10.00. The molecule has 0 aromatic heterocycles. The summed E-state index contributed by atoms with van der Waals surface area (Å²) in [5, 5.41) is 0. The van der Waals surface area contributed by atoms with Crippen LogP contribution >= 0.6 is 0 Å². The Morgan fingerprint density at radius 3 is 3.06 bits per heavy atom. The molecule has 0 saturated heterocycles. The van der Waals surface area contributed by atoms with E-state index in [0.717, 1.165) is 38.2 Å². The van der Waals surface area contributed by atoms with Crippen LogP contribution in [-0.4, -0.2) is 18.0 Å². The molecule has 1 aliphatic rings. The molecule has 2 heteroatoms. The first kappa shape index (κ1) is 11.2. The Bertz CT molecular complexity index is 396. The van der Waals surface area contributed by atoms with Gasteiger partial charge in [-0.25, -0.2) is 0 Å². The van der Waals surface area contributed by atoms with Crippen LogP contribution < -0.4 is 5.73 Å². The quantitative estimate of drug-likeness (QED) is 0.621. The van der Waals surface area contributed by atoms with Gasteiger partial charge in [0.2, 0.25) is 0 Å². The molecule has 0 spiro atoms. The first-order valence-corrected chi connectivity index (χ1v) is 5.96. The molecular formula is C14H20N2. The summed E-state index contributed by atoms with van der Waals surface area (Å²) in [6, 6.07) is 6.24. The standard InChI is InChI=1S/C14H20N2/c1-3-11(2)9-16-8-7-12-5-4-6-14(15)13(12)10-16/h4-6H,2-3,7-10,15H2,1H3. The number of hydrogen-bond donors (Lipinski definition) is 1. The summed E-state index contributed by atoms with van der Waals surface area (Å²) in [6.45, 7) is 9.33. The molecule has 0 saturated carbocycles. The van der Waals surface area contributed by atoms with Gasteiger partial charge in [0, 0.05) is 25.3 Å². The normalized spacial score (nSPS) is 15.8. The van der Waals surface area contributed by atoms with Crippen molar-refractivity contribution in [1.82, 2.24) is 4.90 Å². The summed E-state index contributed by atoms with van der Waals surface area (Å²) in [4.78, 5) is 2.44. The average molecular weight is 216 g/mol. The second-order valence-electron chi connectivity index (χ2n) is 4.55. The number of hydrogen-bond acceptors (Lipinski definition) is 2. The molecule has 1 aliphatic heterocycles. The van der Waals surface area contributed by atoms with Gasteiger partial charge in [0.15, 0.2) is 0 Å². The van der Waals surface area contributed by atoms with E-state index in [9.17, 15) is 0 Å². The van der Waals surface area contributed by atoms with Gasteiger partial charge in [-0.3, -0.25) is 4.90 Å². The number of nitrogens with two attached hydrogens (primary N) is 1. The van der Waals surface area contributed by atoms with Gasteiger partial charge in [-0.1, -0.05) is 31.2 Å². The van der Waals surface area contributed by atoms with E-state index >= 15 is 0 Å². The zero-order chi connectivity index (χ0) is 11.5. The van der Waals surface area contributed by atoms with E-state index < -0.39 is 0 Å². The Kier molecular flexibility index (Phi) is 3.30. The van der Waals surface area contributed by atoms with E-state index in [4.69, 9.17) is 5.73 Å². The van der Waals surface area contributed by atoms with Crippen LogP contribution in [0.1, 0.15) is 24.5 Å². The molecule has 1 heterocycles. The van der Waals surface area contributed by atoms with Crippen molar-refractivity contribution in [2.75, 3.05) is 18.8 Å². The van der Waals surface area contributed by atoms with Crippen LogP contribution in [-0.2, 0) is 13.0 Å². The maximum atomic E-state index is 6.02. The molecule has 2 rings (SSSR count). The molecule has 1 aromatic carbocycles. The second kappa shape index (κ2) is 4.71. The minimum Gasteiger partial charge on any atom is -0.398 e. The lowest BCUT2D eigenvalue weighted by molar-refractivity contribution is 0.275. The van der Waals surface area contributed by atoms with Gasteiger partial charge in [0.1, 0.15) is 0 Å². The van der Waals surface area contributed by atoms with Gasteiger partial charge in [0.25, 0.3) is 0 Å². The van der Waals surface area contributed by atoms with E-state index in [1.807, 2.05) is 6.07 Å². The molecule has 1 aromatic rings. The van der Waals surface area contributed by atoms with E-state index in [0.29, 0.717) is 0 Å². The Morgan fingerprint density at radius 1 is 1.50 bits per heavy atom. The van der Waals surface area contributed by atoms with Crippen molar-refractivity contribution in [2.24, 2.45) is 0 Å². The Balaban J connectivity index is 2.11. The highest BCUT2D eigenvalue weighted by molar-refractivity contribution is 5.51. The van der Waals surface area contributed by atoms with Crippen molar-refractivity contribution in [1.29, 1.82) is 0 Å². The lowest BCUT2D eigenvalue weighted by Gasteiger charge is -2.30. The molecule has 0 unspecified atom stereocenters. The highest BCUT2D eigenvalue weighted by Crippen LogP contribution is 2.24. The van der Waals surface area contributed by atoms with Crippen LogP contribution in [0.3, 0.4) is 0 Å². The molecule has 0 bridgehead atoms. The lowest BCUT2D eigenvalue weighted by Crippen LogP contribution is -2.32. The third kappa shape index (κ3) is 2.27. The van der Waals surface area contributed by atoms with Gasteiger partial charge < -0.3 is 5.73 Å². The van der Waals surface area contributed by atoms with E-state index in [-0.39, 0.29) is 0 Å². The van der Waals surface area contributed by atoms with Gasteiger partial charge in [-0.05, 0) is 30.0 Å². The Labute approximate surface area is 97.8 Å². The smallest absolute Gasteiger partial charge is 0.0362 e. The first-order valence-electron chi connectivity index (χ1n) is 5.96. The number of rotatable bonds is 3. The van der Waals surface area contributed by atoms with Gasteiger partial charge in [-0.2, -0.15) is 0 Å². The molecule has 0 fully saturated rings. The maximum Gasteiger partial charge on any atom is 0.0362 e. The van der Waals surface area contributed by atoms with Crippen LogP contribution in [0, 0.1) is 0 Å². The van der Waals surface area contributed by atoms with Gasteiger partial charge in [0.05, 0.1) is 0 Å². The van der Waals surface area contributed by atoms with Crippen LogP contribution in [0.5, 0.6) is 0 Å². The topological polar surface area (TPSA) is 29.3 Å². The van der Waals surface area contributed by atoms with Crippen molar-refractivity contribution >= 4 is 5.69 Å². The van der Waals surface area contributed by atoms with E-state index in [1.165, 1.54) is 16.7 Å². The van der Waals surface area contributed by atoms with Crippen LogP contribution in [0.4, 0.5) is 5.69 Å². The largest absolute Gasteiger partial charge is 0.398 e. The SMILES string of the molecule is C=C(CC)CN1CCc2cccc(N)c2C1. The molecule has 0 aliphatic carbocycles. The predicted molar refractivity (Wildman–Crippen MR) is 69.3 cm³/mol. The summed E-state index contributed by atoms with van der Waals surface area (Å²) < 4.78 is 0. The fourth-order valence-corrected chi connectivity index (χ4v) is 2.23. The second-order valence-corrected chi connectivity index (χ2v) is 4.55. The minimum atomic E-state index is 0.935. The van der Waals surface area contributed by atoms with E-state index in [2.05, 4.69) is 30.5 Å². The fourth-order valence-electron chi connectivity index (χ4n) is 2.23. The molecule has 0 radical (unpaired) electrons. The van der Waals surface area contributed by atoms with Crippen molar-refractivity contribution in [3.8, 4) is 0 Å². The molecule has 16 heavy (non-hydrogen) atoms.